The van der Waals surface area contributed by atoms with Crippen LogP contribution in [0.25, 0.3) is 0 Å². The van der Waals surface area contributed by atoms with Crippen molar-refractivity contribution in [2.75, 3.05) is 5.43 Å². The maximum atomic E-state index is 11.0. The van der Waals surface area contributed by atoms with Crippen LogP contribution >= 0.6 is 46.4 Å². The summed E-state index contributed by atoms with van der Waals surface area (Å²) in [6.07, 6.45) is 2.81. The molecular formula is C19H12Cl4N4O3. The second-order valence-corrected chi connectivity index (χ2v) is 7.49. The predicted molar refractivity (Wildman–Crippen MR) is 119 cm³/mol. The van der Waals surface area contributed by atoms with Gasteiger partial charge in [-0.25, -0.2) is 4.98 Å². The van der Waals surface area contributed by atoms with Crippen molar-refractivity contribution in [2.45, 2.75) is 6.61 Å². The van der Waals surface area contributed by atoms with Crippen LogP contribution in [0.1, 0.15) is 11.1 Å². The number of rotatable bonds is 7. The first-order valence-electron chi connectivity index (χ1n) is 8.29. The van der Waals surface area contributed by atoms with E-state index in [1.54, 1.807) is 30.3 Å². The zero-order chi connectivity index (χ0) is 21.7. The number of ether oxygens (including phenoxy) is 1. The van der Waals surface area contributed by atoms with E-state index in [1.807, 2.05) is 0 Å². The van der Waals surface area contributed by atoms with E-state index in [9.17, 15) is 10.1 Å². The maximum absolute atomic E-state index is 11.0. The molecule has 1 heterocycles. The number of hydrogen-bond donors (Lipinski definition) is 1. The Balaban J connectivity index is 1.71. The number of halogens is 4. The average Bonchev–Trinajstić information content (AvgIpc) is 2.69. The third-order valence-electron chi connectivity index (χ3n) is 3.77. The summed E-state index contributed by atoms with van der Waals surface area (Å²) in [6, 6.07) is 11.0. The van der Waals surface area contributed by atoms with Crippen molar-refractivity contribution in [3.63, 3.8) is 0 Å². The Kier molecular flexibility index (Phi) is 7.33. The molecule has 0 amide bonds. The molecule has 30 heavy (non-hydrogen) atoms. The van der Waals surface area contributed by atoms with Crippen molar-refractivity contribution in [1.82, 2.24) is 4.98 Å². The molecule has 0 fully saturated rings. The Hall–Kier alpha value is -2.58. The molecule has 2 aromatic carbocycles. The minimum absolute atomic E-state index is 0.00994. The van der Waals surface area contributed by atoms with Gasteiger partial charge in [0, 0.05) is 27.9 Å². The molecule has 0 spiro atoms. The zero-order valence-electron chi connectivity index (χ0n) is 15.0. The molecule has 0 aliphatic carbocycles. The van der Waals surface area contributed by atoms with E-state index in [0.29, 0.717) is 15.6 Å². The topological polar surface area (TPSA) is 89.7 Å². The van der Waals surface area contributed by atoms with Crippen LogP contribution in [0, 0.1) is 10.1 Å². The third-order valence-corrected chi connectivity index (χ3v) is 4.92. The maximum Gasteiger partial charge on any atom is 0.313 e. The van der Waals surface area contributed by atoms with Crippen LogP contribution < -0.4 is 10.2 Å². The lowest BCUT2D eigenvalue weighted by molar-refractivity contribution is -0.384. The summed E-state index contributed by atoms with van der Waals surface area (Å²) in [6.45, 7) is 0.147. The molecule has 0 aliphatic heterocycles. The number of benzene rings is 2. The lowest BCUT2D eigenvalue weighted by atomic mass is 10.2. The highest BCUT2D eigenvalue weighted by atomic mass is 35.5. The number of hydrazone groups is 1. The highest BCUT2D eigenvalue weighted by molar-refractivity contribution is 6.37. The van der Waals surface area contributed by atoms with Crippen molar-refractivity contribution in [1.29, 1.82) is 0 Å². The number of pyridine rings is 1. The first-order chi connectivity index (χ1) is 14.3. The quantitative estimate of drug-likeness (QED) is 0.230. The van der Waals surface area contributed by atoms with Crippen molar-refractivity contribution in [3.05, 3.63) is 90.0 Å². The van der Waals surface area contributed by atoms with Crippen LogP contribution in [0.3, 0.4) is 0 Å². The van der Waals surface area contributed by atoms with Gasteiger partial charge in [0.2, 0.25) is 5.82 Å². The SMILES string of the molecule is O=[N+]([O-])c1cccnc1N/N=C\c1cc(Cl)c(OCc2ccc(Cl)cc2Cl)c(Cl)c1. The Bertz CT molecular complexity index is 1100. The summed E-state index contributed by atoms with van der Waals surface area (Å²) in [5.41, 5.74) is 3.60. The summed E-state index contributed by atoms with van der Waals surface area (Å²) in [5.74, 6) is 0.297. The first kappa shape index (κ1) is 22.1. The summed E-state index contributed by atoms with van der Waals surface area (Å²) in [7, 11) is 0. The zero-order valence-corrected chi connectivity index (χ0v) is 18.0. The highest BCUT2D eigenvalue weighted by Crippen LogP contribution is 2.35. The van der Waals surface area contributed by atoms with Gasteiger partial charge in [-0.2, -0.15) is 5.10 Å². The summed E-state index contributed by atoms with van der Waals surface area (Å²) in [4.78, 5) is 14.3. The molecule has 3 aromatic rings. The standard InChI is InChI=1S/C19H12Cl4N4O3/c20-13-4-3-12(14(21)8-13)10-30-18-15(22)6-11(7-16(18)23)9-25-26-19-17(27(28)29)2-1-5-24-19/h1-9H,10H2,(H,24,26)/b25-9-. The fraction of sp³-hybridized carbons (Fsp3) is 0.0526. The lowest BCUT2D eigenvalue weighted by Crippen LogP contribution is -2.00. The number of hydrogen-bond acceptors (Lipinski definition) is 6. The normalized spacial score (nSPS) is 10.9. The van der Waals surface area contributed by atoms with Crippen molar-refractivity contribution >= 4 is 64.1 Å². The molecule has 0 bridgehead atoms. The van der Waals surface area contributed by atoms with E-state index in [-0.39, 0.29) is 33.9 Å². The molecule has 0 saturated carbocycles. The molecule has 0 unspecified atom stereocenters. The van der Waals surface area contributed by atoms with E-state index in [1.165, 1.54) is 24.5 Å². The van der Waals surface area contributed by atoms with Crippen LogP contribution in [0.4, 0.5) is 11.5 Å². The largest absolute Gasteiger partial charge is 0.486 e. The fourth-order valence-electron chi connectivity index (χ4n) is 2.38. The second kappa shape index (κ2) is 9.95. The molecule has 1 N–H and O–H groups in total. The molecule has 0 aliphatic rings. The monoisotopic (exact) mass is 484 g/mol. The van der Waals surface area contributed by atoms with Crippen molar-refractivity contribution in [2.24, 2.45) is 5.10 Å². The average molecular weight is 486 g/mol. The summed E-state index contributed by atoms with van der Waals surface area (Å²) in [5, 5.41) is 16.5. The predicted octanol–water partition coefficient (Wildman–Crippen LogP) is 6.63. The molecule has 0 radical (unpaired) electrons. The Morgan fingerprint density at radius 1 is 1.10 bits per heavy atom. The van der Waals surface area contributed by atoms with Crippen LogP contribution in [0.2, 0.25) is 20.1 Å². The molecule has 1 aromatic heterocycles. The van der Waals surface area contributed by atoms with Gasteiger partial charge in [0.1, 0.15) is 6.61 Å². The van der Waals surface area contributed by atoms with Crippen LogP contribution in [-0.2, 0) is 6.61 Å². The van der Waals surface area contributed by atoms with Gasteiger partial charge in [-0.05, 0) is 35.9 Å². The van der Waals surface area contributed by atoms with Gasteiger partial charge in [0.05, 0.1) is 21.2 Å². The van der Waals surface area contributed by atoms with Crippen LogP contribution in [-0.4, -0.2) is 16.1 Å². The lowest BCUT2D eigenvalue weighted by Gasteiger charge is -2.12. The van der Waals surface area contributed by atoms with Crippen molar-refractivity contribution in [3.8, 4) is 5.75 Å². The highest BCUT2D eigenvalue weighted by Gasteiger charge is 2.14. The molecule has 3 rings (SSSR count). The minimum Gasteiger partial charge on any atom is -0.486 e. The number of aromatic nitrogens is 1. The molecular weight excluding hydrogens is 474 g/mol. The van der Waals surface area contributed by atoms with E-state index in [0.717, 1.165) is 5.56 Å². The Labute approximate surface area is 191 Å². The molecule has 154 valence electrons. The van der Waals surface area contributed by atoms with Gasteiger partial charge in [-0.3, -0.25) is 15.5 Å². The van der Waals surface area contributed by atoms with Gasteiger partial charge in [-0.15, -0.1) is 0 Å². The van der Waals surface area contributed by atoms with E-state index in [2.05, 4.69) is 15.5 Å². The van der Waals surface area contributed by atoms with Crippen LogP contribution in [0.15, 0.2) is 53.8 Å². The molecule has 0 saturated heterocycles. The molecule has 7 nitrogen and oxygen atoms in total. The van der Waals surface area contributed by atoms with Gasteiger partial charge < -0.3 is 4.74 Å². The fourth-order valence-corrected chi connectivity index (χ4v) is 3.45. The minimum atomic E-state index is -0.558. The Morgan fingerprint density at radius 2 is 1.83 bits per heavy atom. The van der Waals surface area contributed by atoms with E-state index >= 15 is 0 Å². The number of nitro groups is 1. The summed E-state index contributed by atoms with van der Waals surface area (Å²) < 4.78 is 5.71. The molecule has 0 atom stereocenters. The summed E-state index contributed by atoms with van der Waals surface area (Å²) >= 11 is 24.6. The second-order valence-electron chi connectivity index (χ2n) is 5.84. The van der Waals surface area contributed by atoms with Crippen LogP contribution in [0.5, 0.6) is 5.75 Å². The van der Waals surface area contributed by atoms with Gasteiger partial charge in [0.15, 0.2) is 5.75 Å². The van der Waals surface area contributed by atoms with E-state index < -0.39 is 4.92 Å². The number of nitrogens with one attached hydrogen (secondary N) is 1. The third kappa shape index (κ3) is 5.52. The smallest absolute Gasteiger partial charge is 0.313 e. The van der Waals surface area contributed by atoms with E-state index in [4.69, 9.17) is 51.1 Å². The molecule has 11 heteroatoms. The van der Waals surface area contributed by atoms with Gasteiger partial charge in [-0.1, -0.05) is 52.5 Å². The van der Waals surface area contributed by atoms with Gasteiger partial charge >= 0.3 is 5.69 Å². The van der Waals surface area contributed by atoms with Crippen molar-refractivity contribution < 1.29 is 9.66 Å². The first-order valence-corrected chi connectivity index (χ1v) is 9.80. The number of nitrogens with zero attached hydrogens (tertiary/aromatic N) is 3. The Morgan fingerprint density at radius 3 is 2.50 bits per heavy atom. The van der Waals surface area contributed by atoms with Gasteiger partial charge in [0.25, 0.3) is 0 Å². The number of anilines is 1.